The van der Waals surface area contributed by atoms with Gasteiger partial charge >= 0.3 is 0 Å². The molecule has 1 N–H and O–H groups in total. The number of nitrogens with one attached hydrogen (secondary N) is 1. The third-order valence-electron chi connectivity index (χ3n) is 3.37. The van der Waals surface area contributed by atoms with E-state index in [0.29, 0.717) is 12.0 Å². The van der Waals surface area contributed by atoms with E-state index in [0.717, 1.165) is 31.4 Å². The Labute approximate surface area is 123 Å². The lowest BCUT2D eigenvalue weighted by Crippen LogP contribution is -2.25. The van der Waals surface area contributed by atoms with Crippen LogP contribution in [0.15, 0.2) is 24.5 Å². The first kappa shape index (κ1) is 15.6. The lowest BCUT2D eigenvalue weighted by Gasteiger charge is -2.19. The number of hydrogen-bond donors (Lipinski definition) is 1. The minimum Gasteiger partial charge on any atom is -0.310 e. The summed E-state index contributed by atoms with van der Waals surface area (Å²) in [4.78, 5) is 4.24. The number of hydrogen-bond acceptors (Lipinski definition) is 3. The number of rotatable bonds is 7. The zero-order chi connectivity index (χ0) is 15.2. The summed E-state index contributed by atoms with van der Waals surface area (Å²) in [7, 11) is 0. The van der Waals surface area contributed by atoms with Gasteiger partial charge in [0.15, 0.2) is 11.6 Å². The predicted molar refractivity (Wildman–Crippen MR) is 76.8 cm³/mol. The van der Waals surface area contributed by atoms with Crippen molar-refractivity contribution in [1.29, 1.82) is 0 Å². The van der Waals surface area contributed by atoms with Gasteiger partial charge in [-0.2, -0.15) is 5.10 Å². The molecule has 1 heterocycles. The highest BCUT2D eigenvalue weighted by Gasteiger charge is 2.16. The van der Waals surface area contributed by atoms with Crippen molar-refractivity contribution >= 4 is 0 Å². The van der Waals surface area contributed by atoms with Crippen molar-refractivity contribution in [2.24, 2.45) is 0 Å². The Hall–Kier alpha value is -1.82. The van der Waals surface area contributed by atoms with Crippen LogP contribution in [-0.4, -0.2) is 21.3 Å². The van der Waals surface area contributed by atoms with Gasteiger partial charge in [-0.3, -0.25) is 4.68 Å². The van der Waals surface area contributed by atoms with Gasteiger partial charge in [0.25, 0.3) is 0 Å². The topological polar surface area (TPSA) is 42.7 Å². The van der Waals surface area contributed by atoms with Crippen molar-refractivity contribution in [3.05, 3.63) is 47.5 Å². The molecule has 114 valence electrons. The van der Waals surface area contributed by atoms with Crippen LogP contribution in [0.3, 0.4) is 0 Å². The first-order valence-electron chi connectivity index (χ1n) is 7.20. The SMILES string of the molecule is CCCNC(Cc1ncnn1CC)c1ccc(F)c(F)c1. The first-order valence-corrected chi connectivity index (χ1v) is 7.20. The second-order valence-electron chi connectivity index (χ2n) is 4.88. The Kier molecular flexibility index (Phi) is 5.38. The molecule has 0 bridgehead atoms. The zero-order valence-corrected chi connectivity index (χ0v) is 12.3. The first-order chi connectivity index (χ1) is 10.2. The standard InChI is InChI=1S/C15H20F2N4/c1-3-7-18-14(9-15-19-10-20-21(15)4-2)11-5-6-12(16)13(17)8-11/h5-6,8,10,14,18H,3-4,7,9H2,1-2H3. The van der Waals surface area contributed by atoms with E-state index in [1.165, 1.54) is 12.4 Å². The molecule has 0 spiro atoms. The Morgan fingerprint density at radius 1 is 1.24 bits per heavy atom. The molecule has 0 saturated heterocycles. The number of halogens is 2. The summed E-state index contributed by atoms with van der Waals surface area (Å²) in [6.45, 7) is 5.58. The average Bonchev–Trinajstić information content (AvgIpc) is 2.93. The van der Waals surface area contributed by atoms with Crippen LogP contribution in [0.4, 0.5) is 8.78 Å². The van der Waals surface area contributed by atoms with E-state index in [4.69, 9.17) is 0 Å². The van der Waals surface area contributed by atoms with Gasteiger partial charge in [0.2, 0.25) is 0 Å². The van der Waals surface area contributed by atoms with Gasteiger partial charge in [0.05, 0.1) is 0 Å². The van der Waals surface area contributed by atoms with E-state index in [1.54, 1.807) is 10.7 Å². The van der Waals surface area contributed by atoms with E-state index in [-0.39, 0.29) is 6.04 Å². The minimum absolute atomic E-state index is 0.116. The van der Waals surface area contributed by atoms with Crippen LogP contribution in [0.2, 0.25) is 0 Å². The van der Waals surface area contributed by atoms with Gasteiger partial charge in [-0.05, 0) is 37.6 Å². The summed E-state index contributed by atoms with van der Waals surface area (Å²) in [5, 5.41) is 7.49. The van der Waals surface area contributed by atoms with Crippen LogP contribution >= 0.6 is 0 Å². The molecule has 21 heavy (non-hydrogen) atoms. The van der Waals surface area contributed by atoms with Crippen LogP contribution in [0, 0.1) is 11.6 Å². The summed E-state index contributed by atoms with van der Waals surface area (Å²) >= 11 is 0. The summed E-state index contributed by atoms with van der Waals surface area (Å²) in [6.07, 6.45) is 3.06. The molecule has 0 saturated carbocycles. The summed E-state index contributed by atoms with van der Waals surface area (Å²) in [5.41, 5.74) is 0.716. The van der Waals surface area contributed by atoms with Crippen molar-refractivity contribution in [3.8, 4) is 0 Å². The zero-order valence-electron chi connectivity index (χ0n) is 12.3. The van der Waals surface area contributed by atoms with Gasteiger partial charge in [-0.15, -0.1) is 0 Å². The van der Waals surface area contributed by atoms with Crippen molar-refractivity contribution in [2.45, 2.75) is 39.3 Å². The maximum atomic E-state index is 13.5. The molecule has 1 atom stereocenters. The van der Waals surface area contributed by atoms with Crippen LogP contribution in [0.1, 0.15) is 37.7 Å². The van der Waals surface area contributed by atoms with Crippen LogP contribution < -0.4 is 5.32 Å². The monoisotopic (exact) mass is 294 g/mol. The molecule has 0 aliphatic carbocycles. The molecule has 1 aromatic carbocycles. The molecular formula is C15H20F2N4. The van der Waals surface area contributed by atoms with E-state index >= 15 is 0 Å². The molecule has 0 fully saturated rings. The fourth-order valence-electron chi connectivity index (χ4n) is 2.25. The largest absolute Gasteiger partial charge is 0.310 e. The fraction of sp³-hybridized carbons (Fsp3) is 0.467. The fourth-order valence-corrected chi connectivity index (χ4v) is 2.25. The lowest BCUT2D eigenvalue weighted by molar-refractivity contribution is 0.481. The number of aryl methyl sites for hydroxylation is 1. The summed E-state index contributed by atoms with van der Waals surface area (Å²) in [5.74, 6) is -0.826. The lowest BCUT2D eigenvalue weighted by atomic mass is 10.0. The van der Waals surface area contributed by atoms with Crippen molar-refractivity contribution in [1.82, 2.24) is 20.1 Å². The third-order valence-corrected chi connectivity index (χ3v) is 3.37. The Morgan fingerprint density at radius 3 is 2.71 bits per heavy atom. The minimum atomic E-state index is -0.829. The molecule has 0 aliphatic heterocycles. The second kappa shape index (κ2) is 7.26. The summed E-state index contributed by atoms with van der Waals surface area (Å²) in [6, 6.07) is 3.90. The Balaban J connectivity index is 2.23. The van der Waals surface area contributed by atoms with Crippen LogP contribution in [0.25, 0.3) is 0 Å². The highest BCUT2D eigenvalue weighted by Crippen LogP contribution is 2.20. The average molecular weight is 294 g/mol. The molecule has 1 aromatic heterocycles. The maximum absolute atomic E-state index is 13.5. The smallest absolute Gasteiger partial charge is 0.159 e. The molecular weight excluding hydrogens is 274 g/mol. The van der Waals surface area contributed by atoms with Crippen LogP contribution in [0.5, 0.6) is 0 Å². The van der Waals surface area contributed by atoms with Gasteiger partial charge in [0.1, 0.15) is 12.2 Å². The van der Waals surface area contributed by atoms with Gasteiger partial charge < -0.3 is 5.32 Å². The van der Waals surface area contributed by atoms with E-state index in [9.17, 15) is 8.78 Å². The van der Waals surface area contributed by atoms with Gasteiger partial charge in [0, 0.05) is 19.0 Å². The third kappa shape index (κ3) is 3.85. The van der Waals surface area contributed by atoms with Gasteiger partial charge in [-0.1, -0.05) is 13.0 Å². The molecule has 2 aromatic rings. The van der Waals surface area contributed by atoms with Crippen LogP contribution in [-0.2, 0) is 13.0 Å². The van der Waals surface area contributed by atoms with Crippen molar-refractivity contribution in [2.75, 3.05) is 6.54 Å². The predicted octanol–water partition coefficient (Wildman–Crippen LogP) is 2.86. The Bertz CT molecular complexity index is 583. The molecule has 1 unspecified atom stereocenters. The normalized spacial score (nSPS) is 12.6. The molecule has 2 rings (SSSR count). The van der Waals surface area contributed by atoms with E-state index in [1.807, 2.05) is 6.92 Å². The van der Waals surface area contributed by atoms with Crippen molar-refractivity contribution in [3.63, 3.8) is 0 Å². The molecule has 0 radical (unpaired) electrons. The highest BCUT2D eigenvalue weighted by molar-refractivity contribution is 5.22. The molecule has 4 nitrogen and oxygen atoms in total. The summed E-state index contributed by atoms with van der Waals surface area (Å²) < 4.78 is 28.3. The molecule has 0 aliphatic rings. The molecule has 0 amide bonds. The van der Waals surface area contributed by atoms with E-state index in [2.05, 4.69) is 22.3 Å². The molecule has 6 heteroatoms. The number of benzene rings is 1. The van der Waals surface area contributed by atoms with Gasteiger partial charge in [-0.25, -0.2) is 13.8 Å². The van der Waals surface area contributed by atoms with E-state index < -0.39 is 11.6 Å². The second-order valence-corrected chi connectivity index (χ2v) is 4.88. The number of nitrogens with zero attached hydrogens (tertiary/aromatic N) is 3. The number of aromatic nitrogens is 3. The quantitative estimate of drug-likeness (QED) is 0.854. The highest BCUT2D eigenvalue weighted by atomic mass is 19.2. The van der Waals surface area contributed by atoms with Crippen molar-refractivity contribution < 1.29 is 8.78 Å². The maximum Gasteiger partial charge on any atom is 0.159 e. The Morgan fingerprint density at radius 2 is 2.05 bits per heavy atom.